The van der Waals surface area contributed by atoms with Gasteiger partial charge in [-0.2, -0.15) is 0 Å². The molecular formula is C33H36ClN5O2. The van der Waals surface area contributed by atoms with Crippen molar-refractivity contribution in [1.29, 1.82) is 0 Å². The lowest BCUT2D eigenvalue weighted by molar-refractivity contribution is 0.0632. The number of amides is 1. The molecule has 0 bridgehead atoms. The molecule has 1 aliphatic heterocycles. The third-order valence-corrected chi connectivity index (χ3v) is 8.41. The van der Waals surface area contributed by atoms with Gasteiger partial charge in [0.1, 0.15) is 17.1 Å². The number of allylic oxidation sites excluding steroid dienone is 1. The van der Waals surface area contributed by atoms with E-state index in [9.17, 15) is 4.79 Å². The zero-order valence-electron chi connectivity index (χ0n) is 23.6. The predicted molar refractivity (Wildman–Crippen MR) is 164 cm³/mol. The zero-order chi connectivity index (χ0) is 28.4. The van der Waals surface area contributed by atoms with Gasteiger partial charge in [0.2, 0.25) is 0 Å². The number of ether oxygens (including phenoxy) is 1. The number of nitrogens with zero attached hydrogens (tertiary/aromatic N) is 3. The minimum atomic E-state index is -0.174. The van der Waals surface area contributed by atoms with Crippen LogP contribution in [0.1, 0.15) is 49.0 Å². The zero-order valence-corrected chi connectivity index (χ0v) is 24.4. The van der Waals surface area contributed by atoms with Crippen molar-refractivity contribution < 1.29 is 9.53 Å². The highest BCUT2D eigenvalue weighted by molar-refractivity contribution is 6.30. The number of H-pyrrole nitrogens is 1. The standard InChI is InChI=1S/C33H36ClN5O2/c1-33(2)13-11-25(29(20-33)23-7-9-26(34)10-8-23)22-38-15-17-39(18-16-38)37-32(40)28-5-3-4-6-30(28)41-27-19-24-12-14-35-31(24)36-21-27/h3-10,12,14,19,21H,11,13,15-18,20,22H2,1-2H3,(H,35,36)(H,37,40). The average Bonchev–Trinajstić information content (AvgIpc) is 3.44. The number of halogens is 1. The van der Waals surface area contributed by atoms with Gasteiger partial charge in [-0.15, -0.1) is 0 Å². The lowest BCUT2D eigenvalue weighted by Gasteiger charge is -2.38. The van der Waals surface area contributed by atoms with E-state index >= 15 is 0 Å². The summed E-state index contributed by atoms with van der Waals surface area (Å²) in [5.41, 5.74) is 8.98. The van der Waals surface area contributed by atoms with Crippen LogP contribution in [0.5, 0.6) is 11.5 Å². The maximum absolute atomic E-state index is 13.3. The number of hydrogen-bond acceptors (Lipinski definition) is 5. The monoisotopic (exact) mass is 569 g/mol. The summed E-state index contributed by atoms with van der Waals surface area (Å²) in [6.45, 7) is 8.99. The fraction of sp³-hybridized carbons (Fsp3) is 0.333. The van der Waals surface area contributed by atoms with Crippen LogP contribution in [0.3, 0.4) is 0 Å². The first-order valence-corrected chi connectivity index (χ1v) is 14.7. The molecular weight excluding hydrogens is 534 g/mol. The van der Waals surface area contributed by atoms with Crippen LogP contribution in [0, 0.1) is 5.41 Å². The molecule has 4 aromatic rings. The van der Waals surface area contributed by atoms with Crippen LogP contribution in [0.4, 0.5) is 0 Å². The van der Waals surface area contributed by atoms with E-state index in [-0.39, 0.29) is 5.91 Å². The number of piperazine rings is 1. The molecule has 0 spiro atoms. The van der Waals surface area contributed by atoms with E-state index in [1.165, 1.54) is 23.1 Å². The van der Waals surface area contributed by atoms with E-state index in [1.54, 1.807) is 12.3 Å². The van der Waals surface area contributed by atoms with Crippen LogP contribution in [0.25, 0.3) is 16.6 Å². The Morgan fingerprint density at radius 2 is 1.85 bits per heavy atom. The van der Waals surface area contributed by atoms with Gasteiger partial charge in [0.25, 0.3) is 5.91 Å². The van der Waals surface area contributed by atoms with Crippen molar-refractivity contribution in [2.45, 2.75) is 33.1 Å². The molecule has 0 radical (unpaired) electrons. The summed E-state index contributed by atoms with van der Waals surface area (Å²) in [5, 5.41) is 3.74. The molecule has 2 aliphatic rings. The molecule has 1 aliphatic carbocycles. The molecule has 1 fully saturated rings. The van der Waals surface area contributed by atoms with Crippen LogP contribution < -0.4 is 10.2 Å². The van der Waals surface area contributed by atoms with Crippen molar-refractivity contribution in [1.82, 2.24) is 25.3 Å². The molecule has 0 saturated carbocycles. The minimum absolute atomic E-state index is 0.174. The Hall–Kier alpha value is -3.65. The molecule has 2 aromatic carbocycles. The largest absolute Gasteiger partial charge is 0.455 e. The average molecular weight is 570 g/mol. The van der Waals surface area contributed by atoms with Crippen LogP contribution in [-0.4, -0.2) is 58.5 Å². The first-order chi connectivity index (χ1) is 19.8. The molecule has 7 nitrogen and oxygen atoms in total. The Kier molecular flexibility index (Phi) is 7.84. The number of nitrogens with one attached hydrogen (secondary N) is 2. The van der Waals surface area contributed by atoms with E-state index in [4.69, 9.17) is 16.3 Å². The molecule has 2 N–H and O–H groups in total. The summed E-state index contributed by atoms with van der Waals surface area (Å²) in [6, 6.07) is 19.5. The second kappa shape index (κ2) is 11.7. The summed E-state index contributed by atoms with van der Waals surface area (Å²) in [4.78, 5) is 23.3. The van der Waals surface area contributed by atoms with Crippen molar-refractivity contribution in [3.63, 3.8) is 0 Å². The molecule has 8 heteroatoms. The van der Waals surface area contributed by atoms with Gasteiger partial charge in [-0.25, -0.2) is 9.99 Å². The maximum Gasteiger partial charge on any atom is 0.269 e. The van der Waals surface area contributed by atoms with Crippen LogP contribution in [0.15, 0.2) is 78.6 Å². The van der Waals surface area contributed by atoms with Crippen molar-refractivity contribution in [2.24, 2.45) is 5.41 Å². The van der Waals surface area contributed by atoms with Crippen LogP contribution in [0.2, 0.25) is 5.02 Å². The Balaban J connectivity index is 1.08. The van der Waals surface area contributed by atoms with Crippen molar-refractivity contribution >= 4 is 34.1 Å². The van der Waals surface area contributed by atoms with Gasteiger partial charge in [0.05, 0.1) is 11.8 Å². The number of para-hydroxylation sites is 1. The van der Waals surface area contributed by atoms with Gasteiger partial charge in [-0.1, -0.05) is 55.3 Å². The summed E-state index contributed by atoms with van der Waals surface area (Å²) in [7, 11) is 0. The van der Waals surface area contributed by atoms with E-state index in [0.717, 1.165) is 61.6 Å². The highest BCUT2D eigenvalue weighted by Crippen LogP contribution is 2.43. The summed E-state index contributed by atoms with van der Waals surface area (Å²) in [5.74, 6) is 0.915. The topological polar surface area (TPSA) is 73.5 Å². The maximum atomic E-state index is 13.3. The number of aromatic nitrogens is 2. The van der Waals surface area contributed by atoms with E-state index < -0.39 is 0 Å². The number of aromatic amines is 1. The third-order valence-electron chi connectivity index (χ3n) is 8.16. The van der Waals surface area contributed by atoms with Crippen molar-refractivity contribution in [3.8, 4) is 11.5 Å². The first-order valence-electron chi connectivity index (χ1n) is 14.3. The van der Waals surface area contributed by atoms with Gasteiger partial charge < -0.3 is 9.72 Å². The molecule has 0 unspecified atom stereocenters. The number of hydrazine groups is 1. The molecule has 6 rings (SSSR count). The van der Waals surface area contributed by atoms with Gasteiger partial charge in [-0.3, -0.25) is 15.1 Å². The molecule has 212 valence electrons. The number of carbonyl (C=O) groups is 1. The Morgan fingerprint density at radius 3 is 2.66 bits per heavy atom. The lowest BCUT2D eigenvalue weighted by Crippen LogP contribution is -2.53. The number of hydrogen-bond donors (Lipinski definition) is 2. The number of pyridine rings is 1. The second-order valence-electron chi connectivity index (χ2n) is 11.8. The normalized spacial score (nSPS) is 18.0. The highest BCUT2D eigenvalue weighted by atomic mass is 35.5. The second-order valence-corrected chi connectivity index (χ2v) is 12.3. The summed E-state index contributed by atoms with van der Waals surface area (Å²) < 4.78 is 6.09. The quantitative estimate of drug-likeness (QED) is 0.252. The number of carbonyl (C=O) groups excluding carboxylic acids is 1. The Labute approximate surface area is 246 Å². The lowest BCUT2D eigenvalue weighted by atomic mass is 9.72. The van der Waals surface area contributed by atoms with E-state index in [0.29, 0.717) is 22.5 Å². The van der Waals surface area contributed by atoms with E-state index in [1.807, 2.05) is 53.7 Å². The van der Waals surface area contributed by atoms with Crippen LogP contribution in [-0.2, 0) is 0 Å². The minimum Gasteiger partial charge on any atom is -0.455 e. The van der Waals surface area contributed by atoms with Gasteiger partial charge >= 0.3 is 0 Å². The molecule has 41 heavy (non-hydrogen) atoms. The predicted octanol–water partition coefficient (Wildman–Crippen LogP) is 6.93. The number of benzene rings is 2. The molecule has 1 saturated heterocycles. The van der Waals surface area contributed by atoms with E-state index in [2.05, 4.69) is 46.3 Å². The van der Waals surface area contributed by atoms with Gasteiger partial charge in [0.15, 0.2) is 0 Å². The Bertz CT molecular complexity index is 1570. The molecule has 3 heterocycles. The first kappa shape index (κ1) is 27.5. The number of fused-ring (bicyclic) bond motifs is 1. The fourth-order valence-electron chi connectivity index (χ4n) is 5.80. The smallest absolute Gasteiger partial charge is 0.269 e. The number of rotatable bonds is 7. The summed E-state index contributed by atoms with van der Waals surface area (Å²) in [6.07, 6.45) is 6.90. The summed E-state index contributed by atoms with van der Waals surface area (Å²) >= 11 is 6.18. The molecule has 2 aromatic heterocycles. The highest BCUT2D eigenvalue weighted by Gasteiger charge is 2.29. The fourth-order valence-corrected chi connectivity index (χ4v) is 5.93. The Morgan fingerprint density at radius 1 is 1.07 bits per heavy atom. The van der Waals surface area contributed by atoms with Crippen LogP contribution >= 0.6 is 11.6 Å². The van der Waals surface area contributed by atoms with Crippen molar-refractivity contribution in [3.05, 3.63) is 94.8 Å². The molecule has 0 atom stereocenters. The van der Waals surface area contributed by atoms with Gasteiger partial charge in [0, 0.05) is 49.3 Å². The molecule has 1 amide bonds. The third kappa shape index (κ3) is 6.48. The van der Waals surface area contributed by atoms with Crippen molar-refractivity contribution in [2.75, 3.05) is 32.7 Å². The van der Waals surface area contributed by atoms with Gasteiger partial charge in [-0.05, 0) is 72.2 Å². The SMILES string of the molecule is CC1(C)CCC(CN2CCN(NC(=O)c3ccccc3Oc3cnc4[nH]ccc4c3)CC2)=C(c2ccc(Cl)cc2)C1.